The van der Waals surface area contributed by atoms with Crippen LogP contribution in [0.15, 0.2) is 0 Å². The van der Waals surface area contributed by atoms with Gasteiger partial charge in [-0.2, -0.15) is 0 Å². The van der Waals surface area contributed by atoms with Crippen molar-refractivity contribution in [3.8, 4) is 0 Å². The van der Waals surface area contributed by atoms with Crippen LogP contribution in [-0.2, 0) is 28.6 Å². The van der Waals surface area contributed by atoms with E-state index in [1.54, 1.807) is 0 Å². The van der Waals surface area contributed by atoms with E-state index in [4.69, 9.17) is 14.2 Å². The second kappa shape index (κ2) is 46.9. The van der Waals surface area contributed by atoms with E-state index in [1.165, 1.54) is 186 Å². The quantitative estimate of drug-likeness (QED) is 0.0345. The molecule has 356 valence electrons. The summed E-state index contributed by atoms with van der Waals surface area (Å²) in [5.41, 5.74) is 0. The van der Waals surface area contributed by atoms with Crippen LogP contribution in [0, 0.1) is 11.8 Å². The Morgan fingerprint density at radius 2 is 0.633 bits per heavy atom. The zero-order chi connectivity index (χ0) is 44.0. The first-order chi connectivity index (χ1) is 29.3. The van der Waals surface area contributed by atoms with Gasteiger partial charge in [0.25, 0.3) is 0 Å². The second-order valence-electron chi connectivity index (χ2n) is 19.2. The number of carbonyl (C=O) groups is 3. The summed E-state index contributed by atoms with van der Waals surface area (Å²) in [6.45, 7) is 11.4. The first-order valence-corrected chi connectivity index (χ1v) is 26.8. The van der Waals surface area contributed by atoms with E-state index < -0.39 is 6.10 Å². The number of esters is 3. The van der Waals surface area contributed by atoms with Gasteiger partial charge in [-0.25, -0.2) is 0 Å². The zero-order valence-corrected chi connectivity index (χ0v) is 41.1. The summed E-state index contributed by atoms with van der Waals surface area (Å²) in [5, 5.41) is 0. The van der Waals surface area contributed by atoms with Crippen molar-refractivity contribution in [1.29, 1.82) is 0 Å². The lowest BCUT2D eigenvalue weighted by Gasteiger charge is -2.18. The largest absolute Gasteiger partial charge is 0.462 e. The Bertz CT molecular complexity index is 918. The van der Waals surface area contributed by atoms with Crippen molar-refractivity contribution < 1.29 is 28.6 Å². The van der Waals surface area contributed by atoms with E-state index in [9.17, 15) is 14.4 Å². The predicted octanol–water partition coefficient (Wildman–Crippen LogP) is 17.3. The molecule has 0 aliphatic rings. The van der Waals surface area contributed by atoms with Crippen LogP contribution in [0.5, 0.6) is 0 Å². The average Bonchev–Trinajstić information content (AvgIpc) is 3.23. The number of carbonyl (C=O) groups excluding carboxylic acids is 3. The smallest absolute Gasteiger partial charge is 0.306 e. The highest BCUT2D eigenvalue weighted by atomic mass is 16.6. The molecule has 6 nitrogen and oxygen atoms in total. The monoisotopic (exact) mass is 849 g/mol. The van der Waals surface area contributed by atoms with Crippen LogP contribution in [0.25, 0.3) is 0 Å². The van der Waals surface area contributed by atoms with Crippen LogP contribution in [0.3, 0.4) is 0 Å². The van der Waals surface area contributed by atoms with Gasteiger partial charge in [0.05, 0.1) is 0 Å². The number of unbranched alkanes of at least 4 members (excludes halogenated alkanes) is 32. The highest BCUT2D eigenvalue weighted by Gasteiger charge is 2.19. The molecule has 0 aromatic carbocycles. The fourth-order valence-electron chi connectivity index (χ4n) is 8.13. The van der Waals surface area contributed by atoms with E-state index in [-0.39, 0.29) is 31.1 Å². The van der Waals surface area contributed by atoms with Crippen molar-refractivity contribution in [2.45, 2.75) is 304 Å². The summed E-state index contributed by atoms with van der Waals surface area (Å²) in [7, 11) is 0. The van der Waals surface area contributed by atoms with Gasteiger partial charge in [-0.05, 0) is 31.1 Å². The minimum Gasteiger partial charge on any atom is -0.462 e. The molecular weight excluding hydrogens is 745 g/mol. The first-order valence-electron chi connectivity index (χ1n) is 26.8. The molecule has 0 aromatic heterocycles. The zero-order valence-electron chi connectivity index (χ0n) is 41.1. The van der Waals surface area contributed by atoms with Gasteiger partial charge in [-0.3, -0.25) is 14.4 Å². The van der Waals surface area contributed by atoms with Crippen LogP contribution < -0.4 is 0 Å². The molecule has 0 fully saturated rings. The van der Waals surface area contributed by atoms with Gasteiger partial charge >= 0.3 is 17.9 Å². The molecule has 6 heteroatoms. The third-order valence-electron chi connectivity index (χ3n) is 12.6. The van der Waals surface area contributed by atoms with Crippen molar-refractivity contribution in [3.05, 3.63) is 0 Å². The molecule has 0 heterocycles. The van der Waals surface area contributed by atoms with Gasteiger partial charge in [0.15, 0.2) is 6.10 Å². The highest BCUT2D eigenvalue weighted by molar-refractivity contribution is 5.71. The highest BCUT2D eigenvalue weighted by Crippen LogP contribution is 2.18. The summed E-state index contributed by atoms with van der Waals surface area (Å²) in [5.74, 6) is 0.850. The maximum atomic E-state index is 12.8. The Kier molecular flexibility index (Phi) is 45.7. The molecular formula is C54H104O6. The number of rotatable bonds is 48. The molecule has 0 aliphatic heterocycles. The lowest BCUT2D eigenvalue weighted by Crippen LogP contribution is -2.30. The maximum absolute atomic E-state index is 12.8. The van der Waals surface area contributed by atoms with E-state index >= 15 is 0 Å². The van der Waals surface area contributed by atoms with Crippen molar-refractivity contribution in [3.63, 3.8) is 0 Å². The Morgan fingerprint density at radius 1 is 0.350 bits per heavy atom. The van der Waals surface area contributed by atoms with Crippen molar-refractivity contribution in [2.75, 3.05) is 13.2 Å². The molecule has 0 aromatic rings. The van der Waals surface area contributed by atoms with Crippen LogP contribution in [-0.4, -0.2) is 37.2 Å². The van der Waals surface area contributed by atoms with E-state index in [0.29, 0.717) is 19.3 Å². The maximum Gasteiger partial charge on any atom is 0.306 e. The molecule has 2 atom stereocenters. The summed E-state index contributed by atoms with van der Waals surface area (Å²) in [4.78, 5) is 38.0. The molecule has 60 heavy (non-hydrogen) atoms. The normalized spacial score (nSPS) is 12.5. The summed E-state index contributed by atoms with van der Waals surface area (Å²) >= 11 is 0. The van der Waals surface area contributed by atoms with Crippen LogP contribution in [0.4, 0.5) is 0 Å². The molecule has 0 amide bonds. The topological polar surface area (TPSA) is 78.9 Å². The molecule has 0 spiro atoms. The van der Waals surface area contributed by atoms with Gasteiger partial charge in [0.2, 0.25) is 0 Å². The second-order valence-corrected chi connectivity index (χ2v) is 19.2. The van der Waals surface area contributed by atoms with Crippen LogP contribution in [0.1, 0.15) is 298 Å². The fourth-order valence-corrected chi connectivity index (χ4v) is 8.13. The van der Waals surface area contributed by atoms with E-state index in [2.05, 4.69) is 34.6 Å². The van der Waals surface area contributed by atoms with Gasteiger partial charge in [0, 0.05) is 19.3 Å². The Labute approximate surface area is 374 Å². The number of hydrogen-bond acceptors (Lipinski definition) is 6. The Hall–Kier alpha value is -1.59. The molecule has 0 rings (SSSR count). The Balaban J connectivity index is 4.27. The van der Waals surface area contributed by atoms with Crippen molar-refractivity contribution >= 4 is 17.9 Å². The summed E-state index contributed by atoms with van der Waals surface area (Å²) in [6, 6.07) is 0. The van der Waals surface area contributed by atoms with Gasteiger partial charge in [-0.1, -0.05) is 259 Å². The van der Waals surface area contributed by atoms with Crippen molar-refractivity contribution in [1.82, 2.24) is 0 Å². The minimum atomic E-state index is -0.761. The predicted molar refractivity (Wildman–Crippen MR) is 256 cm³/mol. The number of ether oxygens (including phenoxy) is 3. The standard InChI is InChI=1S/C54H104O6/c1-6-8-9-10-11-12-13-20-24-31-36-41-46-54(57)60-51(48-59-53(56)45-40-35-30-26-25-28-33-38-43-50(5)7-2)47-58-52(55)44-39-34-29-23-21-18-16-14-15-17-19-22-27-32-37-42-49(3)4/h49-51H,6-48H2,1-5H3/t50?,51-/m0/s1. The molecule has 0 saturated heterocycles. The van der Waals surface area contributed by atoms with Crippen molar-refractivity contribution in [2.24, 2.45) is 11.8 Å². The lowest BCUT2D eigenvalue weighted by atomic mass is 9.99. The molecule has 1 unspecified atom stereocenters. The molecule has 0 bridgehead atoms. The van der Waals surface area contributed by atoms with E-state index in [0.717, 1.165) is 69.6 Å². The Morgan fingerprint density at radius 3 is 0.950 bits per heavy atom. The summed E-state index contributed by atoms with van der Waals surface area (Å²) < 4.78 is 16.8. The third-order valence-corrected chi connectivity index (χ3v) is 12.6. The fraction of sp³-hybridized carbons (Fsp3) is 0.944. The molecule has 0 N–H and O–H groups in total. The summed E-state index contributed by atoms with van der Waals surface area (Å²) in [6.07, 6.45) is 48.0. The molecule has 0 aliphatic carbocycles. The third kappa shape index (κ3) is 45.9. The molecule has 0 saturated carbocycles. The van der Waals surface area contributed by atoms with Gasteiger partial charge < -0.3 is 14.2 Å². The van der Waals surface area contributed by atoms with Crippen LogP contribution >= 0.6 is 0 Å². The SMILES string of the molecule is CCCCCCCCCCCCCCC(=O)O[C@@H](COC(=O)CCCCCCCCCCCCCCCCCC(C)C)COC(=O)CCCCCCCCCCC(C)CC. The van der Waals surface area contributed by atoms with E-state index in [1.807, 2.05) is 0 Å². The molecule has 0 radical (unpaired) electrons. The van der Waals surface area contributed by atoms with Gasteiger partial charge in [0.1, 0.15) is 13.2 Å². The average molecular weight is 849 g/mol. The van der Waals surface area contributed by atoms with Gasteiger partial charge in [-0.15, -0.1) is 0 Å². The lowest BCUT2D eigenvalue weighted by molar-refractivity contribution is -0.167. The van der Waals surface area contributed by atoms with Crippen LogP contribution in [0.2, 0.25) is 0 Å². The first kappa shape index (κ1) is 58.4. The minimum absolute atomic E-state index is 0.0635. The number of hydrogen-bond donors (Lipinski definition) is 0.